The zero-order valence-electron chi connectivity index (χ0n) is 18.2. The second-order valence-corrected chi connectivity index (χ2v) is 10.1. The van der Waals surface area contributed by atoms with Crippen LogP contribution in [0.3, 0.4) is 0 Å². The summed E-state index contributed by atoms with van der Waals surface area (Å²) in [6.45, 7) is 8.69. The van der Waals surface area contributed by atoms with Gasteiger partial charge in [-0.1, -0.05) is 34.1 Å². The topological polar surface area (TPSA) is 140 Å². The number of nitro groups is 2. The van der Waals surface area contributed by atoms with Crippen LogP contribution >= 0.6 is 0 Å². The van der Waals surface area contributed by atoms with E-state index >= 15 is 0 Å². The molecule has 166 valence electrons. The van der Waals surface area contributed by atoms with E-state index < -0.39 is 33.8 Å². The molecule has 2 aliphatic rings. The molecular weight excluding hydrogens is 403 g/mol. The molecule has 0 radical (unpaired) electrons. The maximum Gasteiger partial charge on any atom is 0.499 e. The molecule has 1 heterocycles. The summed E-state index contributed by atoms with van der Waals surface area (Å²) in [5.41, 5.74) is -1.71. The van der Waals surface area contributed by atoms with Gasteiger partial charge in [0.05, 0.1) is 9.85 Å². The van der Waals surface area contributed by atoms with E-state index in [1.807, 2.05) is 6.92 Å². The van der Waals surface area contributed by atoms with E-state index in [0.717, 1.165) is 37.7 Å². The van der Waals surface area contributed by atoms with E-state index in [1.54, 1.807) is 0 Å². The molecule has 0 saturated heterocycles. The van der Waals surface area contributed by atoms with Crippen molar-refractivity contribution in [2.75, 3.05) is 0 Å². The first-order valence-corrected chi connectivity index (χ1v) is 10.7. The van der Waals surface area contributed by atoms with Crippen molar-refractivity contribution in [2.24, 2.45) is 11.3 Å². The molecule has 1 aromatic heterocycles. The van der Waals surface area contributed by atoms with Crippen LogP contribution in [0.5, 0.6) is 0 Å². The summed E-state index contributed by atoms with van der Waals surface area (Å²) in [5, 5.41) is 43.8. The van der Waals surface area contributed by atoms with Gasteiger partial charge in [0.25, 0.3) is 0 Å². The Morgan fingerprint density at radius 3 is 2.39 bits per heavy atom. The molecule has 1 aromatic carbocycles. The molecule has 0 spiro atoms. The van der Waals surface area contributed by atoms with E-state index in [4.69, 9.17) is 4.42 Å². The standard InChI is InChI=1S/C21H27BN2O7/c1-11-6-7-14-20(2,3)8-5-9-21(14,4)15-12-10-13(23(27)28)17(24(29)30)16(22(25)26)19(12)31-18(11)15/h10-11,14,25-26H,5-9H2,1-4H3. The fraction of sp³-hybridized carbons (Fsp3) is 0.619. The highest BCUT2D eigenvalue weighted by Crippen LogP contribution is 2.59. The molecule has 0 bridgehead atoms. The molecule has 3 unspecified atom stereocenters. The van der Waals surface area contributed by atoms with E-state index in [2.05, 4.69) is 20.8 Å². The number of rotatable bonds is 3. The molecule has 10 heteroatoms. The van der Waals surface area contributed by atoms with Crippen molar-refractivity contribution in [3.8, 4) is 0 Å². The van der Waals surface area contributed by atoms with Gasteiger partial charge in [-0.25, -0.2) is 0 Å². The van der Waals surface area contributed by atoms with E-state index in [1.165, 1.54) is 6.07 Å². The van der Waals surface area contributed by atoms with Gasteiger partial charge >= 0.3 is 18.5 Å². The van der Waals surface area contributed by atoms with Gasteiger partial charge in [-0.3, -0.25) is 20.2 Å². The van der Waals surface area contributed by atoms with Crippen molar-refractivity contribution in [1.82, 2.24) is 0 Å². The van der Waals surface area contributed by atoms with Crippen LogP contribution in [0.25, 0.3) is 11.0 Å². The van der Waals surface area contributed by atoms with Gasteiger partial charge < -0.3 is 14.5 Å². The minimum atomic E-state index is -2.28. The molecule has 0 aliphatic heterocycles. The van der Waals surface area contributed by atoms with Crippen LogP contribution in [0.1, 0.15) is 77.0 Å². The third-order valence-corrected chi connectivity index (χ3v) is 7.77. The van der Waals surface area contributed by atoms with Crippen LogP contribution in [0.2, 0.25) is 0 Å². The molecule has 1 saturated carbocycles. The lowest BCUT2D eigenvalue weighted by atomic mass is 9.53. The molecule has 2 N–H and O–H groups in total. The van der Waals surface area contributed by atoms with Crippen LogP contribution in [0.15, 0.2) is 10.5 Å². The second kappa shape index (κ2) is 7.03. The van der Waals surface area contributed by atoms with Crippen LogP contribution < -0.4 is 5.46 Å². The highest BCUT2D eigenvalue weighted by Gasteiger charge is 2.52. The number of furan rings is 1. The largest absolute Gasteiger partial charge is 0.499 e. The van der Waals surface area contributed by atoms with Gasteiger partial charge in [0.2, 0.25) is 0 Å². The summed E-state index contributed by atoms with van der Waals surface area (Å²) in [6.07, 6.45) is 4.79. The Morgan fingerprint density at radius 2 is 1.81 bits per heavy atom. The Hall–Kier alpha value is -2.46. The molecule has 2 aliphatic carbocycles. The summed E-state index contributed by atoms with van der Waals surface area (Å²) in [6, 6.07) is 1.20. The van der Waals surface area contributed by atoms with Crippen molar-refractivity contribution < 1.29 is 24.3 Å². The van der Waals surface area contributed by atoms with Crippen LogP contribution in [-0.2, 0) is 5.41 Å². The van der Waals surface area contributed by atoms with Crippen LogP contribution in [0.4, 0.5) is 11.4 Å². The first kappa shape index (κ1) is 21.8. The Labute approximate surface area is 179 Å². The normalized spacial score (nSPS) is 27.3. The molecule has 4 rings (SSSR count). The van der Waals surface area contributed by atoms with Crippen molar-refractivity contribution >= 4 is 34.9 Å². The third-order valence-electron chi connectivity index (χ3n) is 7.77. The Kier molecular flexibility index (Phi) is 4.94. The van der Waals surface area contributed by atoms with E-state index in [9.17, 15) is 30.3 Å². The number of fused-ring (bicyclic) bond motifs is 5. The number of nitro benzene ring substituents is 2. The lowest BCUT2D eigenvalue weighted by Gasteiger charge is -2.50. The van der Waals surface area contributed by atoms with Crippen molar-refractivity contribution in [1.29, 1.82) is 0 Å². The Bertz CT molecular complexity index is 1090. The smallest absolute Gasteiger partial charge is 0.461 e. The number of nitrogens with zero attached hydrogens (tertiary/aromatic N) is 2. The van der Waals surface area contributed by atoms with Crippen molar-refractivity contribution in [3.05, 3.63) is 37.6 Å². The van der Waals surface area contributed by atoms with E-state index in [0.29, 0.717) is 17.1 Å². The predicted molar refractivity (Wildman–Crippen MR) is 115 cm³/mol. The SMILES string of the molecule is CC1CCC2C(C)(C)CCCC2(C)c2c1oc1c(B(O)O)c([N+](=O)[O-])c([N+](=O)[O-])cc21. The van der Waals surface area contributed by atoms with Gasteiger partial charge in [0.15, 0.2) is 0 Å². The van der Waals surface area contributed by atoms with E-state index in [-0.39, 0.29) is 22.3 Å². The lowest BCUT2D eigenvalue weighted by molar-refractivity contribution is -0.421. The molecular formula is C21H27BN2O7. The van der Waals surface area contributed by atoms with Crippen molar-refractivity contribution in [3.63, 3.8) is 0 Å². The summed E-state index contributed by atoms with van der Waals surface area (Å²) < 4.78 is 6.14. The minimum Gasteiger partial charge on any atom is -0.461 e. The molecule has 3 atom stereocenters. The zero-order valence-corrected chi connectivity index (χ0v) is 18.2. The summed E-state index contributed by atoms with van der Waals surface area (Å²) >= 11 is 0. The van der Waals surface area contributed by atoms with Crippen LogP contribution in [0, 0.1) is 31.6 Å². The fourth-order valence-corrected chi connectivity index (χ4v) is 6.44. The first-order valence-electron chi connectivity index (χ1n) is 10.7. The molecule has 0 amide bonds. The fourth-order valence-electron chi connectivity index (χ4n) is 6.44. The molecule has 2 aromatic rings. The summed E-state index contributed by atoms with van der Waals surface area (Å²) in [5.74, 6) is 0.951. The van der Waals surface area contributed by atoms with Crippen LogP contribution in [-0.4, -0.2) is 27.0 Å². The summed E-state index contributed by atoms with van der Waals surface area (Å²) in [7, 11) is -2.28. The first-order chi connectivity index (χ1) is 14.4. The van der Waals surface area contributed by atoms with Gasteiger partial charge in [0.1, 0.15) is 16.8 Å². The molecule has 1 fully saturated rings. The highest BCUT2D eigenvalue weighted by atomic mass is 16.6. The molecule has 9 nitrogen and oxygen atoms in total. The molecule has 31 heavy (non-hydrogen) atoms. The Balaban J connectivity index is 2.15. The monoisotopic (exact) mass is 430 g/mol. The number of hydrogen-bond donors (Lipinski definition) is 2. The van der Waals surface area contributed by atoms with Gasteiger partial charge in [0, 0.05) is 22.9 Å². The summed E-state index contributed by atoms with van der Waals surface area (Å²) in [4.78, 5) is 21.6. The predicted octanol–water partition coefficient (Wildman–Crippen LogP) is 3.91. The highest BCUT2D eigenvalue weighted by molar-refractivity contribution is 6.63. The van der Waals surface area contributed by atoms with Gasteiger partial charge in [-0.15, -0.1) is 0 Å². The quantitative estimate of drug-likeness (QED) is 0.427. The maximum absolute atomic E-state index is 11.7. The second-order valence-electron chi connectivity index (χ2n) is 10.1. The zero-order chi connectivity index (χ0) is 22.9. The van der Waals surface area contributed by atoms with Gasteiger partial charge in [-0.05, 0) is 42.4 Å². The van der Waals surface area contributed by atoms with Gasteiger partial charge in [-0.2, -0.15) is 0 Å². The maximum atomic E-state index is 11.7. The minimum absolute atomic E-state index is 0.00224. The Morgan fingerprint density at radius 1 is 1.13 bits per heavy atom. The third kappa shape index (κ3) is 3.07. The lowest BCUT2D eigenvalue weighted by Crippen LogP contribution is -2.44. The average Bonchev–Trinajstić information content (AvgIpc) is 2.99. The average molecular weight is 430 g/mol. The number of benzene rings is 1. The van der Waals surface area contributed by atoms with Crippen molar-refractivity contribution in [2.45, 2.75) is 71.1 Å². The number of hydrogen-bond acceptors (Lipinski definition) is 7.